The van der Waals surface area contributed by atoms with E-state index >= 15 is 0 Å². The Morgan fingerprint density at radius 3 is 2.73 bits per heavy atom. The van der Waals surface area contributed by atoms with Gasteiger partial charge in [0.1, 0.15) is 0 Å². The standard InChI is InChI=1S/C11H13NO3/c13-11(14)12-6-9(10-7-15-10)8-4-2-1-3-5-8/h1-5,9-10,12H,6-7H2,(H,13,14)/t9-,10?/m0/s1. The Balaban J connectivity index is 2.03. The molecule has 0 radical (unpaired) electrons. The molecule has 4 heteroatoms. The molecule has 1 aliphatic rings. The van der Waals surface area contributed by atoms with E-state index in [-0.39, 0.29) is 12.0 Å². The monoisotopic (exact) mass is 207 g/mol. The smallest absolute Gasteiger partial charge is 0.404 e. The van der Waals surface area contributed by atoms with Gasteiger partial charge in [-0.1, -0.05) is 30.3 Å². The molecule has 1 saturated heterocycles. The van der Waals surface area contributed by atoms with E-state index in [2.05, 4.69) is 5.32 Å². The number of hydrogen-bond acceptors (Lipinski definition) is 2. The van der Waals surface area contributed by atoms with E-state index in [1.165, 1.54) is 0 Å². The van der Waals surface area contributed by atoms with Crippen molar-refractivity contribution in [3.05, 3.63) is 35.9 Å². The van der Waals surface area contributed by atoms with Crippen molar-refractivity contribution < 1.29 is 14.6 Å². The van der Waals surface area contributed by atoms with Crippen molar-refractivity contribution in [2.45, 2.75) is 12.0 Å². The molecule has 15 heavy (non-hydrogen) atoms. The lowest BCUT2D eigenvalue weighted by molar-refractivity contribution is 0.193. The van der Waals surface area contributed by atoms with Crippen LogP contribution in [0.2, 0.25) is 0 Å². The van der Waals surface area contributed by atoms with E-state index in [1.807, 2.05) is 30.3 Å². The third-order valence-electron chi connectivity index (χ3n) is 2.51. The van der Waals surface area contributed by atoms with Crippen molar-refractivity contribution >= 4 is 6.09 Å². The summed E-state index contributed by atoms with van der Waals surface area (Å²) in [7, 11) is 0. The first-order valence-corrected chi connectivity index (χ1v) is 4.90. The summed E-state index contributed by atoms with van der Waals surface area (Å²) in [4.78, 5) is 10.4. The van der Waals surface area contributed by atoms with Crippen LogP contribution in [0, 0.1) is 0 Å². The maximum atomic E-state index is 10.4. The maximum Gasteiger partial charge on any atom is 0.404 e. The summed E-state index contributed by atoms with van der Waals surface area (Å²) in [5.74, 6) is 0.127. The predicted octanol–water partition coefficient (Wildman–Crippen LogP) is 1.44. The second kappa shape index (κ2) is 4.31. The molecule has 1 aromatic rings. The van der Waals surface area contributed by atoms with Crippen molar-refractivity contribution in [3.8, 4) is 0 Å². The minimum Gasteiger partial charge on any atom is -0.465 e. The maximum absolute atomic E-state index is 10.4. The molecule has 4 nitrogen and oxygen atoms in total. The summed E-state index contributed by atoms with van der Waals surface area (Å²) in [6.45, 7) is 1.13. The summed E-state index contributed by atoms with van der Waals surface area (Å²) in [5.41, 5.74) is 1.12. The van der Waals surface area contributed by atoms with Gasteiger partial charge in [-0.3, -0.25) is 0 Å². The summed E-state index contributed by atoms with van der Waals surface area (Å²) >= 11 is 0. The van der Waals surface area contributed by atoms with E-state index < -0.39 is 6.09 Å². The normalized spacial score (nSPS) is 20.7. The highest BCUT2D eigenvalue weighted by molar-refractivity contribution is 5.64. The first-order chi connectivity index (χ1) is 7.27. The molecule has 0 bridgehead atoms. The van der Waals surface area contributed by atoms with Crippen LogP contribution in [-0.4, -0.2) is 30.5 Å². The molecule has 1 unspecified atom stereocenters. The number of nitrogens with one attached hydrogen (secondary N) is 1. The minimum absolute atomic E-state index is 0.127. The van der Waals surface area contributed by atoms with Crippen LogP contribution in [0.25, 0.3) is 0 Å². The van der Waals surface area contributed by atoms with Crippen molar-refractivity contribution in [2.75, 3.05) is 13.2 Å². The molecule has 1 fully saturated rings. The number of epoxide rings is 1. The molecule has 1 aliphatic heterocycles. The van der Waals surface area contributed by atoms with Gasteiger partial charge in [-0.05, 0) is 5.56 Å². The van der Waals surface area contributed by atoms with Gasteiger partial charge in [-0.25, -0.2) is 4.79 Å². The van der Waals surface area contributed by atoms with Crippen LogP contribution in [-0.2, 0) is 4.74 Å². The third kappa shape index (κ3) is 2.70. The lowest BCUT2D eigenvalue weighted by Gasteiger charge is -2.14. The molecular weight excluding hydrogens is 194 g/mol. The molecule has 1 heterocycles. The molecule has 2 rings (SSSR count). The molecule has 0 spiro atoms. The fourth-order valence-electron chi connectivity index (χ4n) is 1.65. The second-order valence-electron chi connectivity index (χ2n) is 3.58. The molecule has 2 atom stereocenters. The van der Waals surface area contributed by atoms with Crippen LogP contribution in [0.1, 0.15) is 11.5 Å². The lowest BCUT2D eigenvalue weighted by atomic mass is 9.96. The van der Waals surface area contributed by atoms with Crippen LogP contribution >= 0.6 is 0 Å². The zero-order chi connectivity index (χ0) is 10.7. The van der Waals surface area contributed by atoms with Gasteiger partial charge in [-0.15, -0.1) is 0 Å². The topological polar surface area (TPSA) is 61.9 Å². The van der Waals surface area contributed by atoms with Crippen molar-refractivity contribution in [2.24, 2.45) is 0 Å². The minimum atomic E-state index is -0.989. The Morgan fingerprint density at radius 2 is 2.20 bits per heavy atom. The Bertz CT molecular complexity index is 335. The molecule has 0 aliphatic carbocycles. The van der Waals surface area contributed by atoms with Gasteiger partial charge in [0.25, 0.3) is 0 Å². The molecule has 0 saturated carbocycles. The lowest BCUT2D eigenvalue weighted by Crippen LogP contribution is -2.29. The third-order valence-corrected chi connectivity index (χ3v) is 2.51. The average molecular weight is 207 g/mol. The zero-order valence-corrected chi connectivity index (χ0v) is 8.22. The van der Waals surface area contributed by atoms with Crippen LogP contribution < -0.4 is 5.32 Å². The number of benzene rings is 1. The molecule has 1 amide bonds. The Labute approximate surface area is 87.9 Å². The fraction of sp³-hybridized carbons (Fsp3) is 0.364. The predicted molar refractivity (Wildman–Crippen MR) is 55.0 cm³/mol. The molecule has 0 aromatic heterocycles. The number of carbonyl (C=O) groups is 1. The van der Waals surface area contributed by atoms with Crippen LogP contribution in [0.3, 0.4) is 0 Å². The molecule has 2 N–H and O–H groups in total. The van der Waals surface area contributed by atoms with Gasteiger partial charge < -0.3 is 15.2 Å². The summed E-state index contributed by atoms with van der Waals surface area (Å²) < 4.78 is 5.22. The summed E-state index contributed by atoms with van der Waals surface area (Å²) in [5, 5.41) is 11.0. The van der Waals surface area contributed by atoms with Gasteiger partial charge >= 0.3 is 6.09 Å². The van der Waals surface area contributed by atoms with Crippen LogP contribution in [0.15, 0.2) is 30.3 Å². The molecule has 80 valence electrons. The van der Waals surface area contributed by atoms with E-state index in [0.717, 1.165) is 12.2 Å². The van der Waals surface area contributed by atoms with E-state index in [9.17, 15) is 4.79 Å². The molecular formula is C11H13NO3. The summed E-state index contributed by atoms with van der Waals surface area (Å²) in [6, 6.07) is 9.83. The second-order valence-corrected chi connectivity index (χ2v) is 3.58. The number of ether oxygens (including phenoxy) is 1. The zero-order valence-electron chi connectivity index (χ0n) is 8.22. The molecule has 1 aromatic carbocycles. The van der Waals surface area contributed by atoms with E-state index in [1.54, 1.807) is 0 Å². The van der Waals surface area contributed by atoms with Gasteiger partial charge in [0.2, 0.25) is 0 Å². The van der Waals surface area contributed by atoms with Crippen molar-refractivity contribution in [1.29, 1.82) is 0 Å². The van der Waals surface area contributed by atoms with Crippen LogP contribution in [0.4, 0.5) is 4.79 Å². The number of rotatable bonds is 4. The highest BCUT2D eigenvalue weighted by atomic mass is 16.6. The Morgan fingerprint density at radius 1 is 1.53 bits per heavy atom. The quantitative estimate of drug-likeness (QED) is 0.734. The average Bonchev–Trinajstić information content (AvgIpc) is 3.03. The highest BCUT2D eigenvalue weighted by Crippen LogP contribution is 2.29. The Kier molecular flexibility index (Phi) is 2.87. The van der Waals surface area contributed by atoms with Gasteiger partial charge in [0.15, 0.2) is 0 Å². The van der Waals surface area contributed by atoms with Crippen LogP contribution in [0.5, 0.6) is 0 Å². The summed E-state index contributed by atoms with van der Waals surface area (Å²) in [6.07, 6.45) is -0.823. The number of carboxylic acid groups (broad SMARTS) is 1. The first-order valence-electron chi connectivity index (χ1n) is 4.90. The number of hydrogen-bond donors (Lipinski definition) is 2. The first kappa shape index (κ1) is 9.98. The van der Waals surface area contributed by atoms with Gasteiger partial charge in [0, 0.05) is 12.5 Å². The number of amides is 1. The van der Waals surface area contributed by atoms with Crippen molar-refractivity contribution in [1.82, 2.24) is 5.32 Å². The van der Waals surface area contributed by atoms with Crippen molar-refractivity contribution in [3.63, 3.8) is 0 Å². The van der Waals surface area contributed by atoms with Gasteiger partial charge in [-0.2, -0.15) is 0 Å². The Hall–Kier alpha value is -1.55. The SMILES string of the molecule is O=C(O)NC[C@@H](c1ccccc1)C1CO1. The highest BCUT2D eigenvalue weighted by Gasteiger charge is 2.33. The largest absolute Gasteiger partial charge is 0.465 e. The fourth-order valence-corrected chi connectivity index (χ4v) is 1.65. The van der Waals surface area contributed by atoms with E-state index in [4.69, 9.17) is 9.84 Å². The van der Waals surface area contributed by atoms with Gasteiger partial charge in [0.05, 0.1) is 12.7 Å². The van der Waals surface area contributed by atoms with E-state index in [0.29, 0.717) is 6.54 Å².